The second-order valence-corrected chi connectivity index (χ2v) is 7.68. The highest BCUT2D eigenvalue weighted by molar-refractivity contribution is 5.04. The number of allylic oxidation sites excluding steroid dienone is 1. The molecule has 2 aliphatic carbocycles. The Morgan fingerprint density at radius 2 is 1.59 bits per heavy atom. The van der Waals surface area contributed by atoms with Gasteiger partial charge in [0.2, 0.25) is 0 Å². The van der Waals surface area contributed by atoms with Crippen molar-refractivity contribution >= 4 is 0 Å². The van der Waals surface area contributed by atoms with E-state index in [-0.39, 0.29) is 0 Å². The quantitative estimate of drug-likeness (QED) is 0.289. The highest BCUT2D eigenvalue weighted by Gasteiger charge is 2.30. The first kappa shape index (κ1) is 17.7. The highest BCUT2D eigenvalue weighted by atomic mass is 14.3. The maximum absolute atomic E-state index is 3.84. The lowest BCUT2D eigenvalue weighted by atomic mass is 9.69. The molecule has 2 saturated carbocycles. The second-order valence-electron chi connectivity index (χ2n) is 7.68. The van der Waals surface area contributed by atoms with Gasteiger partial charge in [0.25, 0.3) is 0 Å². The van der Waals surface area contributed by atoms with Gasteiger partial charge >= 0.3 is 0 Å². The summed E-state index contributed by atoms with van der Waals surface area (Å²) >= 11 is 0. The lowest BCUT2D eigenvalue weighted by Crippen LogP contribution is -2.25. The zero-order chi connectivity index (χ0) is 15.6. The van der Waals surface area contributed by atoms with Crippen LogP contribution in [-0.4, -0.2) is 0 Å². The predicted molar refractivity (Wildman–Crippen MR) is 97.6 cm³/mol. The van der Waals surface area contributed by atoms with Crippen LogP contribution in [0, 0.1) is 35.5 Å². The minimum atomic E-state index is 0.720. The molecule has 0 radical (unpaired) electrons. The molecule has 0 aromatic rings. The number of unbranched alkanes of at least 4 members (excludes halogenated alkanes) is 2. The van der Waals surface area contributed by atoms with Gasteiger partial charge in [-0.15, -0.1) is 12.5 Å². The van der Waals surface area contributed by atoms with E-state index in [9.17, 15) is 0 Å². The summed E-state index contributed by atoms with van der Waals surface area (Å²) in [5.74, 6) is 10.7. The average molecular weight is 301 g/mol. The van der Waals surface area contributed by atoms with E-state index < -0.39 is 0 Å². The summed E-state index contributed by atoms with van der Waals surface area (Å²) in [4.78, 5) is 0. The van der Waals surface area contributed by atoms with Crippen molar-refractivity contribution in [1.29, 1.82) is 0 Å². The molecule has 0 unspecified atom stereocenters. The summed E-state index contributed by atoms with van der Waals surface area (Å²) in [6.45, 7) is 6.06. The van der Waals surface area contributed by atoms with Gasteiger partial charge in [0.1, 0.15) is 0 Å². The first-order chi connectivity index (χ1) is 10.8. The monoisotopic (exact) mass is 300 g/mol. The molecular formula is C22H36. The molecule has 0 N–H and O–H groups in total. The Morgan fingerprint density at radius 1 is 0.955 bits per heavy atom. The molecule has 0 heteroatoms. The van der Waals surface area contributed by atoms with Gasteiger partial charge in [0.05, 0.1) is 0 Å². The summed E-state index contributed by atoms with van der Waals surface area (Å²) in [5, 5.41) is 0. The van der Waals surface area contributed by atoms with Gasteiger partial charge in [-0.2, -0.15) is 0 Å². The van der Waals surface area contributed by atoms with Crippen molar-refractivity contribution in [3.63, 3.8) is 0 Å². The molecule has 2 fully saturated rings. The molecule has 0 spiro atoms. The number of rotatable bonds is 6. The third-order valence-electron chi connectivity index (χ3n) is 6.03. The Balaban J connectivity index is 1.64. The van der Waals surface area contributed by atoms with E-state index in [2.05, 4.69) is 31.4 Å². The van der Waals surface area contributed by atoms with E-state index in [4.69, 9.17) is 0 Å². The maximum Gasteiger partial charge on any atom is 0.0203 e. The third-order valence-corrected chi connectivity index (χ3v) is 6.03. The van der Waals surface area contributed by atoms with Crippen molar-refractivity contribution in [2.75, 3.05) is 0 Å². The van der Waals surface area contributed by atoms with Gasteiger partial charge in [0, 0.05) is 12.3 Å². The molecular weight excluding hydrogens is 264 g/mol. The van der Waals surface area contributed by atoms with E-state index in [1.807, 2.05) is 0 Å². The minimum Gasteiger partial charge on any atom is -0.103 e. The van der Waals surface area contributed by atoms with E-state index in [1.54, 1.807) is 0 Å². The van der Waals surface area contributed by atoms with Gasteiger partial charge in [0.15, 0.2) is 0 Å². The van der Waals surface area contributed by atoms with Crippen LogP contribution >= 0.6 is 0 Å². The molecule has 0 aromatic heterocycles. The summed E-state index contributed by atoms with van der Waals surface area (Å²) in [6.07, 6.45) is 20.1. The van der Waals surface area contributed by atoms with Crippen LogP contribution in [-0.2, 0) is 0 Å². The van der Waals surface area contributed by atoms with Crippen LogP contribution in [0.1, 0.15) is 90.4 Å². The fraction of sp³-hybridized carbons (Fsp3) is 0.818. The molecule has 2 aliphatic rings. The zero-order valence-electron chi connectivity index (χ0n) is 14.8. The Hall–Kier alpha value is -0.700. The lowest BCUT2D eigenvalue weighted by Gasteiger charge is -2.37. The topological polar surface area (TPSA) is 0 Å². The summed E-state index contributed by atoms with van der Waals surface area (Å²) in [6, 6.07) is 0. The largest absolute Gasteiger partial charge is 0.103 e. The van der Waals surface area contributed by atoms with Crippen molar-refractivity contribution in [2.45, 2.75) is 90.4 Å². The molecule has 0 nitrogen and oxygen atoms in total. The molecule has 0 atom stereocenters. The first-order valence-electron chi connectivity index (χ1n) is 9.92. The zero-order valence-corrected chi connectivity index (χ0v) is 14.8. The van der Waals surface area contributed by atoms with Crippen LogP contribution in [0.4, 0.5) is 0 Å². The SMILES string of the molecule is C=CCCCC1CCC([C@H]2CC[C@H](C#CCCC)CC2)CC1. The number of hydrogen-bond donors (Lipinski definition) is 0. The van der Waals surface area contributed by atoms with Crippen molar-refractivity contribution in [3.05, 3.63) is 12.7 Å². The number of hydrogen-bond acceptors (Lipinski definition) is 0. The molecule has 0 saturated heterocycles. The summed E-state index contributed by atoms with van der Waals surface area (Å²) in [5.41, 5.74) is 0. The average Bonchev–Trinajstić information content (AvgIpc) is 2.57. The smallest absolute Gasteiger partial charge is 0.0203 e. The normalized spacial score (nSPS) is 32.0. The Bertz CT molecular complexity index is 353. The van der Waals surface area contributed by atoms with E-state index >= 15 is 0 Å². The van der Waals surface area contributed by atoms with Crippen LogP contribution < -0.4 is 0 Å². The van der Waals surface area contributed by atoms with Crippen molar-refractivity contribution in [3.8, 4) is 11.8 Å². The maximum atomic E-state index is 3.84. The molecule has 124 valence electrons. The Morgan fingerprint density at radius 3 is 2.18 bits per heavy atom. The Kier molecular flexibility index (Phi) is 8.14. The van der Waals surface area contributed by atoms with Crippen LogP contribution in [0.5, 0.6) is 0 Å². The highest BCUT2D eigenvalue weighted by Crippen LogP contribution is 2.42. The van der Waals surface area contributed by atoms with Crippen molar-refractivity contribution in [1.82, 2.24) is 0 Å². The van der Waals surface area contributed by atoms with E-state index in [0.717, 1.165) is 30.1 Å². The molecule has 0 amide bonds. The standard InChI is InChI=1S/C22H36/c1-3-5-7-9-19-11-15-21(16-12-19)22-17-13-20(14-18-22)10-8-6-4-2/h3,19-22H,1,4-7,9,11-18H2,2H3/t19?,20-,21?,22-. The Labute approximate surface area is 139 Å². The third kappa shape index (κ3) is 5.83. The second kappa shape index (κ2) is 10.1. The molecule has 0 aliphatic heterocycles. The van der Waals surface area contributed by atoms with Crippen LogP contribution in [0.15, 0.2) is 12.7 Å². The van der Waals surface area contributed by atoms with E-state index in [1.165, 1.54) is 77.0 Å². The van der Waals surface area contributed by atoms with Gasteiger partial charge < -0.3 is 0 Å². The summed E-state index contributed by atoms with van der Waals surface area (Å²) in [7, 11) is 0. The molecule has 22 heavy (non-hydrogen) atoms. The van der Waals surface area contributed by atoms with Crippen molar-refractivity contribution < 1.29 is 0 Å². The van der Waals surface area contributed by atoms with Crippen molar-refractivity contribution in [2.24, 2.45) is 23.7 Å². The molecule has 0 heterocycles. The molecule has 0 bridgehead atoms. The molecule has 2 rings (SSSR count). The van der Waals surface area contributed by atoms with Gasteiger partial charge in [-0.25, -0.2) is 0 Å². The van der Waals surface area contributed by atoms with E-state index in [0.29, 0.717) is 0 Å². The first-order valence-corrected chi connectivity index (χ1v) is 9.92. The van der Waals surface area contributed by atoms with Gasteiger partial charge in [-0.05, 0) is 75.5 Å². The van der Waals surface area contributed by atoms with Crippen LogP contribution in [0.25, 0.3) is 0 Å². The fourth-order valence-corrected chi connectivity index (χ4v) is 4.58. The van der Waals surface area contributed by atoms with Crippen LogP contribution in [0.3, 0.4) is 0 Å². The molecule has 0 aromatic carbocycles. The minimum absolute atomic E-state index is 0.720. The van der Waals surface area contributed by atoms with Gasteiger partial charge in [-0.3, -0.25) is 0 Å². The predicted octanol–water partition coefficient (Wildman–Crippen LogP) is 6.76. The van der Waals surface area contributed by atoms with Crippen LogP contribution in [0.2, 0.25) is 0 Å². The summed E-state index contributed by atoms with van der Waals surface area (Å²) < 4.78 is 0. The van der Waals surface area contributed by atoms with Gasteiger partial charge in [-0.1, -0.05) is 38.2 Å². The lowest BCUT2D eigenvalue weighted by molar-refractivity contribution is 0.153. The fourth-order valence-electron chi connectivity index (χ4n) is 4.58.